The first-order valence-electron chi connectivity index (χ1n) is 8.38. The second-order valence-electron chi connectivity index (χ2n) is 5.96. The summed E-state index contributed by atoms with van der Waals surface area (Å²) in [6, 6.07) is 9.30. The van der Waals surface area contributed by atoms with Gasteiger partial charge in [0.1, 0.15) is 22.8 Å². The number of rotatable bonds is 6. The van der Waals surface area contributed by atoms with E-state index in [-0.39, 0.29) is 16.7 Å². The van der Waals surface area contributed by atoms with Crippen molar-refractivity contribution >= 4 is 16.9 Å². The number of ether oxygens (including phenoxy) is 2. The molecule has 0 spiro atoms. The number of hydrogen-bond donors (Lipinski definition) is 2. The predicted octanol–water partition coefficient (Wildman–Crippen LogP) is 3.19. The lowest BCUT2D eigenvalue weighted by Gasteiger charge is -2.15. The van der Waals surface area contributed by atoms with Crippen molar-refractivity contribution in [1.82, 2.24) is 4.57 Å². The molecule has 140 valence electrons. The quantitative estimate of drug-likeness (QED) is 0.692. The number of pyridine rings is 1. The first-order chi connectivity index (χ1) is 12.9. The summed E-state index contributed by atoms with van der Waals surface area (Å²) >= 11 is 0. The van der Waals surface area contributed by atoms with E-state index in [1.807, 2.05) is 6.92 Å². The molecule has 0 aliphatic heterocycles. The lowest BCUT2D eigenvalue weighted by atomic mass is 10.1. The zero-order valence-electron chi connectivity index (χ0n) is 14.9. The van der Waals surface area contributed by atoms with Crippen molar-refractivity contribution in [3.05, 3.63) is 58.4 Å². The molecule has 0 amide bonds. The summed E-state index contributed by atoms with van der Waals surface area (Å²) in [6.45, 7) is 2.50. The maximum absolute atomic E-state index is 12.5. The summed E-state index contributed by atoms with van der Waals surface area (Å²) in [6.07, 6.45) is 2.06. The fourth-order valence-corrected chi connectivity index (χ4v) is 2.80. The normalized spacial score (nSPS) is 10.7. The van der Waals surface area contributed by atoms with Crippen LogP contribution in [0.1, 0.15) is 23.7 Å². The molecule has 1 heterocycles. The zero-order valence-corrected chi connectivity index (χ0v) is 14.9. The van der Waals surface area contributed by atoms with Gasteiger partial charge in [-0.1, -0.05) is 6.92 Å². The minimum absolute atomic E-state index is 0.0379. The van der Waals surface area contributed by atoms with Gasteiger partial charge >= 0.3 is 5.97 Å². The molecule has 27 heavy (non-hydrogen) atoms. The van der Waals surface area contributed by atoms with Gasteiger partial charge in [0.25, 0.3) is 0 Å². The van der Waals surface area contributed by atoms with Gasteiger partial charge in [-0.05, 0) is 18.6 Å². The number of phenolic OH excluding ortho intramolecular Hbond substituents is 1. The lowest BCUT2D eigenvalue weighted by Crippen LogP contribution is -2.18. The molecule has 0 unspecified atom stereocenters. The van der Waals surface area contributed by atoms with E-state index in [2.05, 4.69) is 0 Å². The molecular formula is C20H19NO6. The van der Waals surface area contributed by atoms with Crippen LogP contribution < -0.4 is 14.9 Å². The van der Waals surface area contributed by atoms with Crippen LogP contribution in [0.25, 0.3) is 16.6 Å². The molecule has 3 aromatic rings. The minimum atomic E-state index is -1.32. The summed E-state index contributed by atoms with van der Waals surface area (Å²) in [5.41, 5.74) is -0.0654. The summed E-state index contributed by atoms with van der Waals surface area (Å²) < 4.78 is 12.5. The van der Waals surface area contributed by atoms with Gasteiger partial charge in [-0.15, -0.1) is 0 Å². The molecule has 0 aliphatic rings. The molecule has 2 aromatic carbocycles. The number of phenols is 1. The van der Waals surface area contributed by atoms with Crippen LogP contribution in [0.2, 0.25) is 0 Å². The fourth-order valence-electron chi connectivity index (χ4n) is 2.80. The van der Waals surface area contributed by atoms with Crippen molar-refractivity contribution in [2.24, 2.45) is 0 Å². The number of methoxy groups -OCH3 is 1. The van der Waals surface area contributed by atoms with Crippen LogP contribution in [0.3, 0.4) is 0 Å². The maximum atomic E-state index is 12.5. The van der Waals surface area contributed by atoms with Crippen molar-refractivity contribution in [2.75, 3.05) is 13.7 Å². The van der Waals surface area contributed by atoms with Crippen LogP contribution in [-0.2, 0) is 0 Å². The fraction of sp³-hybridized carbons (Fsp3) is 0.200. The summed E-state index contributed by atoms with van der Waals surface area (Å²) in [7, 11) is 1.51. The van der Waals surface area contributed by atoms with Crippen molar-refractivity contribution < 1.29 is 24.5 Å². The third-order valence-electron chi connectivity index (χ3n) is 4.07. The SMILES string of the molecule is CCCOc1cc(OC)cc(-n2cc(C(=O)O)c(=O)c3ccc(O)cc32)c1. The average Bonchev–Trinajstić information content (AvgIpc) is 2.65. The monoisotopic (exact) mass is 369 g/mol. The molecule has 7 heteroatoms. The van der Waals surface area contributed by atoms with Gasteiger partial charge in [0.15, 0.2) is 0 Å². The lowest BCUT2D eigenvalue weighted by molar-refractivity contribution is 0.0695. The van der Waals surface area contributed by atoms with Crippen molar-refractivity contribution in [3.63, 3.8) is 0 Å². The Balaban J connectivity index is 2.33. The molecule has 0 radical (unpaired) electrons. The van der Waals surface area contributed by atoms with Gasteiger partial charge in [-0.25, -0.2) is 4.79 Å². The number of carboxylic acid groups (broad SMARTS) is 1. The van der Waals surface area contributed by atoms with Gasteiger partial charge < -0.3 is 24.3 Å². The molecule has 0 atom stereocenters. The van der Waals surface area contributed by atoms with Crippen LogP contribution in [0, 0.1) is 0 Å². The highest BCUT2D eigenvalue weighted by Gasteiger charge is 2.16. The van der Waals surface area contributed by atoms with Crippen molar-refractivity contribution in [2.45, 2.75) is 13.3 Å². The van der Waals surface area contributed by atoms with Crippen LogP contribution in [0.15, 0.2) is 47.4 Å². The standard InChI is InChI=1S/C20H19NO6/c1-3-6-27-15-8-12(7-14(10-15)26-2)21-11-17(20(24)25)19(23)16-5-4-13(22)9-18(16)21/h4-5,7-11,22H,3,6H2,1-2H3,(H,24,25). The molecule has 0 saturated heterocycles. The number of aromatic nitrogens is 1. The van der Waals surface area contributed by atoms with Crippen molar-refractivity contribution in [3.8, 4) is 22.9 Å². The second kappa shape index (κ2) is 7.41. The van der Waals surface area contributed by atoms with Crippen LogP contribution >= 0.6 is 0 Å². The third-order valence-corrected chi connectivity index (χ3v) is 4.07. The molecule has 7 nitrogen and oxygen atoms in total. The minimum Gasteiger partial charge on any atom is -0.508 e. The first-order valence-corrected chi connectivity index (χ1v) is 8.38. The number of carbonyl (C=O) groups is 1. The Morgan fingerprint density at radius 1 is 1.15 bits per heavy atom. The van der Waals surface area contributed by atoms with Crippen LogP contribution in [0.4, 0.5) is 0 Å². The van der Waals surface area contributed by atoms with Gasteiger partial charge in [0.05, 0.1) is 24.9 Å². The Bertz CT molecular complexity index is 1070. The molecule has 2 N–H and O–H groups in total. The topological polar surface area (TPSA) is 98.0 Å². The smallest absolute Gasteiger partial charge is 0.341 e. The Hall–Kier alpha value is -3.48. The van der Waals surface area contributed by atoms with E-state index in [1.54, 1.807) is 18.2 Å². The number of benzene rings is 2. The van der Waals surface area contributed by atoms with E-state index in [0.29, 0.717) is 29.3 Å². The van der Waals surface area contributed by atoms with Crippen LogP contribution in [0.5, 0.6) is 17.2 Å². The highest BCUT2D eigenvalue weighted by molar-refractivity contribution is 5.93. The molecule has 0 bridgehead atoms. The Morgan fingerprint density at radius 3 is 2.56 bits per heavy atom. The van der Waals surface area contributed by atoms with E-state index in [1.165, 1.54) is 36.1 Å². The zero-order chi connectivity index (χ0) is 19.6. The number of aromatic carboxylic acids is 1. The van der Waals surface area contributed by atoms with Gasteiger partial charge in [0.2, 0.25) is 5.43 Å². The van der Waals surface area contributed by atoms with Gasteiger partial charge in [0, 0.05) is 35.8 Å². The first kappa shape index (κ1) is 18.3. The molecule has 0 fully saturated rings. The number of carboxylic acids is 1. The van der Waals surface area contributed by atoms with E-state index < -0.39 is 11.4 Å². The highest BCUT2D eigenvalue weighted by atomic mass is 16.5. The maximum Gasteiger partial charge on any atom is 0.341 e. The molecular weight excluding hydrogens is 350 g/mol. The summed E-state index contributed by atoms with van der Waals surface area (Å²) in [4.78, 5) is 24.0. The average molecular weight is 369 g/mol. The third kappa shape index (κ3) is 3.57. The van der Waals surface area contributed by atoms with Crippen LogP contribution in [-0.4, -0.2) is 34.5 Å². The van der Waals surface area contributed by atoms with Gasteiger partial charge in [-0.3, -0.25) is 4.79 Å². The number of aromatic hydroxyl groups is 1. The molecule has 3 rings (SSSR count). The van der Waals surface area contributed by atoms with E-state index in [4.69, 9.17) is 9.47 Å². The summed E-state index contributed by atoms with van der Waals surface area (Å²) in [5, 5.41) is 19.5. The Kier molecular flexibility index (Phi) is 5.03. The Labute approximate surface area is 155 Å². The van der Waals surface area contributed by atoms with E-state index in [0.717, 1.165) is 6.42 Å². The molecule has 1 aromatic heterocycles. The van der Waals surface area contributed by atoms with E-state index in [9.17, 15) is 19.8 Å². The predicted molar refractivity (Wildman–Crippen MR) is 101 cm³/mol. The van der Waals surface area contributed by atoms with Crippen molar-refractivity contribution in [1.29, 1.82) is 0 Å². The van der Waals surface area contributed by atoms with E-state index >= 15 is 0 Å². The summed E-state index contributed by atoms with van der Waals surface area (Å²) in [5.74, 6) is -0.296. The Morgan fingerprint density at radius 2 is 1.89 bits per heavy atom. The largest absolute Gasteiger partial charge is 0.508 e. The number of nitrogens with zero attached hydrogens (tertiary/aromatic N) is 1. The second-order valence-corrected chi connectivity index (χ2v) is 5.96. The van der Waals surface area contributed by atoms with Gasteiger partial charge in [-0.2, -0.15) is 0 Å². The highest BCUT2D eigenvalue weighted by Crippen LogP contribution is 2.28. The molecule has 0 saturated carbocycles. The molecule has 0 aliphatic carbocycles. The number of fused-ring (bicyclic) bond motifs is 1. The number of hydrogen-bond acceptors (Lipinski definition) is 5.